The molecule has 0 aliphatic carbocycles. The molecular formula is C144H102N6. The summed E-state index contributed by atoms with van der Waals surface area (Å²) < 4.78 is 7.18. The molecule has 0 aliphatic rings. The maximum atomic E-state index is 2.40. The Labute approximate surface area is 874 Å². The summed E-state index contributed by atoms with van der Waals surface area (Å²) in [6, 6.07) is 222. The number of benzene rings is 24. The highest BCUT2D eigenvalue weighted by Gasteiger charge is 2.26. The van der Waals surface area contributed by atoms with Crippen molar-refractivity contribution in [3.8, 4) is 117 Å². The molecule has 0 saturated heterocycles. The lowest BCUT2D eigenvalue weighted by Crippen LogP contribution is -2.11. The average molecular weight is 1920 g/mol. The van der Waals surface area contributed by atoms with Gasteiger partial charge < -0.3 is 28.4 Å². The molecule has 3 aromatic heterocycles. The molecule has 24 aromatic carbocycles. The van der Waals surface area contributed by atoms with Crippen LogP contribution in [-0.4, -0.2) is 13.7 Å². The van der Waals surface area contributed by atoms with Crippen LogP contribution in [0.15, 0.2) is 619 Å². The summed E-state index contributed by atoms with van der Waals surface area (Å²) in [5.41, 5.74) is 42.3. The quantitative estimate of drug-likeness (QED) is 0.0717. The van der Waals surface area contributed by atoms with Crippen LogP contribution >= 0.6 is 0 Å². The van der Waals surface area contributed by atoms with Crippen LogP contribution in [0.2, 0.25) is 0 Å². The number of hydrogen-bond acceptors (Lipinski definition) is 3. The third-order valence-corrected chi connectivity index (χ3v) is 28.8. The first-order chi connectivity index (χ1) is 74.5. The Bertz CT molecular complexity index is 9390. The van der Waals surface area contributed by atoms with Gasteiger partial charge in [0.25, 0.3) is 0 Å². The highest BCUT2D eigenvalue weighted by Crippen LogP contribution is 2.50. The minimum atomic E-state index is 1.10. The molecule has 0 unspecified atom stereocenters. The van der Waals surface area contributed by atoms with Crippen molar-refractivity contribution in [2.75, 3.05) is 14.7 Å². The Morgan fingerprint density at radius 1 is 0.107 bits per heavy atom. The molecule has 27 aromatic rings. The molecule has 0 atom stereocenters. The van der Waals surface area contributed by atoms with E-state index < -0.39 is 0 Å². The van der Waals surface area contributed by atoms with Gasteiger partial charge in [-0.05, 0) is 289 Å². The molecule has 0 spiro atoms. The van der Waals surface area contributed by atoms with Crippen molar-refractivity contribution in [2.45, 2.75) is 0 Å². The predicted octanol–water partition coefficient (Wildman–Crippen LogP) is 39.8. The topological polar surface area (TPSA) is 24.5 Å². The second-order valence-electron chi connectivity index (χ2n) is 37.8. The Balaban J connectivity index is 0.000000116. The Kier molecular flexibility index (Phi) is 25.2. The first-order valence-electron chi connectivity index (χ1n) is 51.3. The van der Waals surface area contributed by atoms with Gasteiger partial charge in [0.2, 0.25) is 0 Å². The van der Waals surface area contributed by atoms with Gasteiger partial charge in [-0.15, -0.1) is 0 Å². The second kappa shape index (κ2) is 41.4. The molecule has 27 rings (SSSR count). The van der Waals surface area contributed by atoms with Crippen molar-refractivity contribution in [1.29, 1.82) is 0 Å². The van der Waals surface area contributed by atoms with Crippen molar-refractivity contribution in [3.05, 3.63) is 619 Å². The number of rotatable bonds is 21. The van der Waals surface area contributed by atoms with Crippen molar-refractivity contribution >= 4 is 117 Å². The van der Waals surface area contributed by atoms with Crippen molar-refractivity contribution < 1.29 is 0 Å². The summed E-state index contributed by atoms with van der Waals surface area (Å²) in [6.45, 7) is 0. The fourth-order valence-electron chi connectivity index (χ4n) is 21.7. The molecule has 0 aliphatic heterocycles. The average Bonchev–Trinajstić information content (AvgIpc) is 1.58. The molecule has 0 bridgehead atoms. The molecule has 0 amide bonds. The number of nitrogens with zero attached hydrogens (tertiary/aromatic N) is 6. The SMILES string of the molecule is c1ccc(-c2cc3c(cc2-c2ccc(N(c4ccccc4)c4ccccc4-c4ccccc4)cc2)c2ccccc2n3-c2ccccc2)cc1.c1ccc(-c2ccc(N(c3ccccc3)c3ccc(-c4cc5c6ccccc6n(-c6ccccc6)c5cc4-c4ccccc4)cc3)cc2)cc1.c1ccc(-c2cccc(N(c3ccccc3)c3ccc(-c4cc5c6ccccc6n(-c6ccccc6)c5cc4-c4ccccc4)cc3)c2)cc1. The summed E-state index contributed by atoms with van der Waals surface area (Å²) in [4.78, 5) is 7.03. The van der Waals surface area contributed by atoms with Crippen LogP contribution in [0.5, 0.6) is 0 Å². The molecule has 0 fully saturated rings. The summed E-state index contributed by atoms with van der Waals surface area (Å²) >= 11 is 0. The van der Waals surface area contributed by atoms with Crippen LogP contribution < -0.4 is 14.7 Å². The fraction of sp³-hybridized carbons (Fsp3) is 0. The normalized spacial score (nSPS) is 11.2. The van der Waals surface area contributed by atoms with E-state index in [2.05, 4.69) is 647 Å². The lowest BCUT2D eigenvalue weighted by Gasteiger charge is -2.28. The van der Waals surface area contributed by atoms with Gasteiger partial charge in [0.15, 0.2) is 0 Å². The first-order valence-corrected chi connectivity index (χ1v) is 51.3. The smallest absolute Gasteiger partial charge is 0.0547 e. The highest BCUT2D eigenvalue weighted by atomic mass is 15.2. The number of fused-ring (bicyclic) bond motifs is 9. The molecule has 0 N–H and O–H groups in total. The zero-order chi connectivity index (χ0) is 99.8. The van der Waals surface area contributed by atoms with Crippen LogP contribution in [0.4, 0.5) is 51.2 Å². The largest absolute Gasteiger partial charge is 0.311 e. The van der Waals surface area contributed by atoms with E-state index in [1.807, 2.05) is 0 Å². The van der Waals surface area contributed by atoms with Crippen LogP contribution in [0, 0.1) is 0 Å². The van der Waals surface area contributed by atoms with Crippen LogP contribution in [-0.2, 0) is 0 Å². The maximum Gasteiger partial charge on any atom is 0.0547 e. The predicted molar refractivity (Wildman–Crippen MR) is 635 cm³/mol. The van der Waals surface area contributed by atoms with E-state index in [4.69, 9.17) is 0 Å². The first kappa shape index (κ1) is 91.3. The van der Waals surface area contributed by atoms with Gasteiger partial charge in [-0.3, -0.25) is 0 Å². The van der Waals surface area contributed by atoms with E-state index in [1.54, 1.807) is 0 Å². The molecule has 708 valence electrons. The number of para-hydroxylation sites is 10. The van der Waals surface area contributed by atoms with Crippen LogP contribution in [0.25, 0.3) is 183 Å². The van der Waals surface area contributed by atoms with E-state index in [0.717, 1.165) is 68.2 Å². The van der Waals surface area contributed by atoms with Gasteiger partial charge in [0.1, 0.15) is 0 Å². The lowest BCUT2D eigenvalue weighted by molar-refractivity contribution is 1.18. The van der Waals surface area contributed by atoms with Gasteiger partial charge >= 0.3 is 0 Å². The molecular weight excluding hydrogens is 1810 g/mol. The molecule has 0 saturated carbocycles. The monoisotopic (exact) mass is 1910 g/mol. The third-order valence-electron chi connectivity index (χ3n) is 28.8. The summed E-state index contributed by atoms with van der Waals surface area (Å²) in [5.74, 6) is 0. The van der Waals surface area contributed by atoms with Crippen molar-refractivity contribution in [2.24, 2.45) is 0 Å². The van der Waals surface area contributed by atoms with Gasteiger partial charge in [-0.1, -0.05) is 425 Å². The van der Waals surface area contributed by atoms with E-state index in [-0.39, 0.29) is 0 Å². The van der Waals surface area contributed by atoms with E-state index in [9.17, 15) is 0 Å². The summed E-state index contributed by atoms with van der Waals surface area (Å²) in [6.07, 6.45) is 0. The van der Waals surface area contributed by atoms with Crippen LogP contribution in [0.1, 0.15) is 0 Å². The van der Waals surface area contributed by atoms with E-state index in [0.29, 0.717) is 0 Å². The Morgan fingerprint density at radius 2 is 0.313 bits per heavy atom. The molecule has 6 heteroatoms. The van der Waals surface area contributed by atoms with Gasteiger partial charge in [0, 0.05) is 100 Å². The molecule has 3 heterocycles. The van der Waals surface area contributed by atoms with Crippen LogP contribution in [0.3, 0.4) is 0 Å². The van der Waals surface area contributed by atoms with Gasteiger partial charge in [-0.25, -0.2) is 0 Å². The number of hydrogen-bond donors (Lipinski definition) is 0. The summed E-state index contributed by atoms with van der Waals surface area (Å²) in [7, 11) is 0. The van der Waals surface area contributed by atoms with E-state index >= 15 is 0 Å². The minimum absolute atomic E-state index is 1.10. The zero-order valence-electron chi connectivity index (χ0n) is 82.6. The van der Waals surface area contributed by atoms with Crippen molar-refractivity contribution in [1.82, 2.24) is 13.7 Å². The number of anilines is 9. The van der Waals surface area contributed by atoms with Gasteiger partial charge in [0.05, 0.1) is 38.8 Å². The Morgan fingerprint density at radius 3 is 0.647 bits per heavy atom. The van der Waals surface area contributed by atoms with Crippen molar-refractivity contribution in [3.63, 3.8) is 0 Å². The summed E-state index contributed by atoms with van der Waals surface area (Å²) in [5, 5.41) is 7.47. The Hall–Kier alpha value is -19.9. The van der Waals surface area contributed by atoms with E-state index in [1.165, 1.54) is 166 Å². The fourth-order valence-corrected chi connectivity index (χ4v) is 21.7. The molecule has 150 heavy (non-hydrogen) atoms. The zero-order valence-corrected chi connectivity index (χ0v) is 82.6. The minimum Gasteiger partial charge on any atom is -0.311 e. The molecule has 0 radical (unpaired) electrons. The maximum absolute atomic E-state index is 2.40. The number of aromatic nitrogens is 3. The second-order valence-corrected chi connectivity index (χ2v) is 37.8. The van der Waals surface area contributed by atoms with Gasteiger partial charge in [-0.2, -0.15) is 0 Å². The highest BCUT2D eigenvalue weighted by molar-refractivity contribution is 6.16. The third kappa shape index (κ3) is 18.1. The standard InChI is InChI=1S/3C48H34N2/c1-5-17-35(18-6-1)41-25-13-15-27-46(41)49(38-21-9-3-10-22-38)40-31-29-37(30-32-40)43-33-45-42-26-14-16-28-47(42)50(39-23-11-4-12-24-39)48(45)34-44(43)36-19-7-2-8-20-36;1-5-16-35(17-6-1)38-20-15-25-42(32-38)49(39-21-9-3-10-22-39)41-30-28-37(29-31-41)44-33-46-43-26-13-14-27-47(43)50(40-23-11-4-12-24-40)48(46)34-45(44)36-18-7-2-8-19-36;1-5-15-35(16-6-1)36-25-29-41(30-26-36)49(39-19-9-3-10-20-39)42-31-27-38(28-32-42)44-33-46-43-23-13-14-24-47(43)50(40-21-11-4-12-22-40)48(46)34-45(44)37-17-7-2-8-18-37/h3*1-34H. The molecule has 6 nitrogen and oxygen atoms in total. The lowest BCUT2D eigenvalue weighted by atomic mass is 9.92.